The topological polar surface area (TPSA) is 95.9 Å². The van der Waals surface area contributed by atoms with Crippen molar-refractivity contribution in [2.24, 2.45) is 0 Å². The fourth-order valence-corrected chi connectivity index (χ4v) is 1.85. The molecule has 0 bridgehead atoms. The number of methoxy groups -OCH3 is 1. The number of ether oxygens (including phenoxy) is 1. The van der Waals surface area contributed by atoms with E-state index in [0.29, 0.717) is 10.8 Å². The van der Waals surface area contributed by atoms with E-state index in [2.05, 4.69) is 5.32 Å². The molecule has 6 nitrogen and oxygen atoms in total. The molecule has 0 aliphatic rings. The molecule has 1 aromatic carbocycles. The van der Waals surface area contributed by atoms with Crippen LogP contribution in [0.2, 0.25) is 5.02 Å². The van der Waals surface area contributed by atoms with Crippen LogP contribution in [0.5, 0.6) is 5.75 Å². The van der Waals surface area contributed by atoms with Crippen molar-refractivity contribution in [3.8, 4) is 5.75 Å². The SMILES string of the molecule is COc1cc(I)c(Cl)cc1C(=O)NC[C@H](O)C(=O)O. The predicted octanol–water partition coefficient (Wildman–Crippen LogP) is 1.13. The number of hydrogen-bond acceptors (Lipinski definition) is 4. The molecule has 8 heteroatoms. The zero-order chi connectivity index (χ0) is 14.6. The van der Waals surface area contributed by atoms with Crippen molar-refractivity contribution in [3.05, 3.63) is 26.3 Å². The fourth-order valence-electron chi connectivity index (χ4n) is 1.25. The minimum atomic E-state index is -1.66. The summed E-state index contributed by atoms with van der Waals surface area (Å²) in [5.74, 6) is -1.67. The molecule has 19 heavy (non-hydrogen) atoms. The van der Waals surface area contributed by atoms with Crippen molar-refractivity contribution in [1.82, 2.24) is 5.32 Å². The molecular weight excluding hydrogens is 388 g/mol. The van der Waals surface area contributed by atoms with Gasteiger partial charge in [-0.3, -0.25) is 4.79 Å². The molecule has 1 atom stereocenters. The minimum Gasteiger partial charge on any atom is -0.496 e. The highest BCUT2D eigenvalue weighted by atomic mass is 127. The van der Waals surface area contributed by atoms with E-state index >= 15 is 0 Å². The highest BCUT2D eigenvalue weighted by Crippen LogP contribution is 2.28. The molecule has 0 radical (unpaired) electrons. The van der Waals surface area contributed by atoms with Gasteiger partial charge in [0.15, 0.2) is 6.10 Å². The second-order valence-electron chi connectivity index (χ2n) is 3.53. The first-order valence-electron chi connectivity index (χ1n) is 5.09. The van der Waals surface area contributed by atoms with Crippen LogP contribution in [0.4, 0.5) is 0 Å². The number of carbonyl (C=O) groups is 2. The quantitative estimate of drug-likeness (QED) is 0.645. The molecule has 1 rings (SSSR count). The molecule has 0 spiro atoms. The summed E-state index contributed by atoms with van der Waals surface area (Å²) in [6.07, 6.45) is -1.66. The van der Waals surface area contributed by atoms with Gasteiger partial charge in [0.25, 0.3) is 5.91 Å². The van der Waals surface area contributed by atoms with Crippen molar-refractivity contribution in [2.45, 2.75) is 6.10 Å². The lowest BCUT2D eigenvalue weighted by molar-refractivity contribution is -0.146. The summed E-state index contributed by atoms with van der Waals surface area (Å²) in [7, 11) is 1.40. The Bertz CT molecular complexity index is 508. The van der Waals surface area contributed by atoms with Gasteiger partial charge >= 0.3 is 5.97 Å². The van der Waals surface area contributed by atoms with E-state index in [1.54, 1.807) is 6.07 Å². The Morgan fingerprint density at radius 3 is 2.68 bits per heavy atom. The standard InChI is InChI=1S/C11H11ClINO5/c1-19-9-3-7(13)6(12)2-5(9)10(16)14-4-8(15)11(17)18/h2-3,8,15H,4H2,1H3,(H,14,16)(H,17,18)/t8-/m0/s1. The molecular formula is C11H11ClINO5. The summed E-state index contributed by atoms with van der Waals surface area (Å²) in [4.78, 5) is 22.3. The van der Waals surface area contributed by atoms with Crippen molar-refractivity contribution in [3.63, 3.8) is 0 Å². The highest BCUT2D eigenvalue weighted by Gasteiger charge is 2.18. The second kappa shape index (κ2) is 6.92. The van der Waals surface area contributed by atoms with Gasteiger partial charge < -0.3 is 20.3 Å². The zero-order valence-electron chi connectivity index (χ0n) is 9.81. The second-order valence-corrected chi connectivity index (χ2v) is 5.10. The van der Waals surface area contributed by atoms with Gasteiger partial charge in [0, 0.05) is 3.57 Å². The monoisotopic (exact) mass is 399 g/mol. The summed E-state index contributed by atoms with van der Waals surface area (Å²) in [5, 5.41) is 20.2. The van der Waals surface area contributed by atoms with E-state index in [9.17, 15) is 9.59 Å². The first kappa shape index (κ1) is 16.0. The average molecular weight is 400 g/mol. The number of benzene rings is 1. The molecule has 0 unspecified atom stereocenters. The number of nitrogens with one attached hydrogen (secondary N) is 1. The molecule has 3 N–H and O–H groups in total. The van der Waals surface area contributed by atoms with Gasteiger partial charge in [0.05, 0.1) is 24.2 Å². The van der Waals surface area contributed by atoms with Crippen LogP contribution < -0.4 is 10.1 Å². The number of aliphatic hydroxyl groups excluding tert-OH is 1. The summed E-state index contributed by atoms with van der Waals surface area (Å²) < 4.78 is 5.77. The third-order valence-electron chi connectivity index (χ3n) is 2.23. The van der Waals surface area contributed by atoms with Crippen molar-refractivity contribution < 1.29 is 24.5 Å². The minimum absolute atomic E-state index is 0.172. The van der Waals surface area contributed by atoms with Crippen molar-refractivity contribution >= 4 is 46.1 Å². The van der Waals surface area contributed by atoms with E-state index in [1.165, 1.54) is 13.2 Å². The van der Waals surface area contributed by atoms with Gasteiger partial charge in [0.1, 0.15) is 5.75 Å². The van der Waals surface area contributed by atoms with Crippen LogP contribution in [-0.2, 0) is 4.79 Å². The normalized spacial score (nSPS) is 11.8. The van der Waals surface area contributed by atoms with Gasteiger partial charge in [-0.1, -0.05) is 11.6 Å². The molecule has 0 heterocycles. The third-order valence-corrected chi connectivity index (χ3v) is 3.75. The lowest BCUT2D eigenvalue weighted by atomic mass is 10.2. The molecule has 0 aliphatic heterocycles. The van der Waals surface area contributed by atoms with Crippen molar-refractivity contribution in [1.29, 1.82) is 0 Å². The Labute approximate surface area is 127 Å². The number of carbonyl (C=O) groups excluding carboxylic acids is 1. The zero-order valence-corrected chi connectivity index (χ0v) is 12.7. The Morgan fingerprint density at radius 2 is 2.16 bits per heavy atom. The van der Waals surface area contributed by atoms with E-state index in [4.69, 9.17) is 26.6 Å². The summed E-state index contributed by atoms with van der Waals surface area (Å²) in [6, 6.07) is 3.01. The largest absolute Gasteiger partial charge is 0.496 e. The average Bonchev–Trinajstić information content (AvgIpc) is 2.37. The highest BCUT2D eigenvalue weighted by molar-refractivity contribution is 14.1. The summed E-state index contributed by atoms with van der Waals surface area (Å²) in [6.45, 7) is -0.402. The predicted molar refractivity (Wildman–Crippen MR) is 76.7 cm³/mol. The van der Waals surface area contributed by atoms with E-state index in [0.717, 1.165) is 3.57 Å². The smallest absolute Gasteiger partial charge is 0.334 e. The maximum absolute atomic E-state index is 11.9. The van der Waals surface area contributed by atoms with Gasteiger partial charge in [-0.25, -0.2) is 4.79 Å². The number of aliphatic hydroxyl groups is 1. The maximum Gasteiger partial charge on any atom is 0.334 e. The molecule has 0 saturated carbocycles. The van der Waals surface area contributed by atoms with Gasteiger partial charge in [-0.15, -0.1) is 0 Å². The lowest BCUT2D eigenvalue weighted by Gasteiger charge is -2.12. The first-order chi connectivity index (χ1) is 8.86. The van der Waals surface area contributed by atoms with Crippen LogP contribution in [0.1, 0.15) is 10.4 Å². The van der Waals surface area contributed by atoms with E-state index in [-0.39, 0.29) is 5.56 Å². The van der Waals surface area contributed by atoms with Gasteiger partial charge in [0.2, 0.25) is 0 Å². The number of carboxylic acid groups (broad SMARTS) is 1. The molecule has 0 aliphatic carbocycles. The molecule has 0 aromatic heterocycles. The first-order valence-corrected chi connectivity index (χ1v) is 6.54. The molecule has 1 amide bonds. The molecule has 0 saturated heterocycles. The summed E-state index contributed by atoms with van der Waals surface area (Å²) in [5.41, 5.74) is 0.172. The Kier molecular flexibility index (Phi) is 5.83. The van der Waals surface area contributed by atoms with Crippen LogP contribution in [0, 0.1) is 3.57 Å². The van der Waals surface area contributed by atoms with Crippen LogP contribution in [0.3, 0.4) is 0 Å². The number of hydrogen-bond donors (Lipinski definition) is 3. The molecule has 104 valence electrons. The van der Waals surface area contributed by atoms with E-state index in [1.807, 2.05) is 22.6 Å². The number of rotatable bonds is 5. The Hall–Kier alpha value is -1.06. The number of carboxylic acids is 1. The Morgan fingerprint density at radius 1 is 1.53 bits per heavy atom. The maximum atomic E-state index is 11.9. The number of halogens is 2. The molecule has 0 fully saturated rings. The van der Waals surface area contributed by atoms with Crippen LogP contribution in [0.15, 0.2) is 12.1 Å². The van der Waals surface area contributed by atoms with Crippen LogP contribution in [-0.4, -0.2) is 41.8 Å². The van der Waals surface area contributed by atoms with Crippen LogP contribution >= 0.6 is 34.2 Å². The summed E-state index contributed by atoms with van der Waals surface area (Å²) >= 11 is 7.91. The Balaban J connectivity index is 2.87. The number of amides is 1. The van der Waals surface area contributed by atoms with Gasteiger partial charge in [-0.2, -0.15) is 0 Å². The number of aliphatic carboxylic acids is 1. The third kappa shape index (κ3) is 4.22. The fraction of sp³-hybridized carbons (Fsp3) is 0.273. The van der Waals surface area contributed by atoms with Crippen molar-refractivity contribution in [2.75, 3.05) is 13.7 Å². The molecule has 1 aromatic rings. The van der Waals surface area contributed by atoms with E-state index < -0.39 is 24.5 Å². The van der Waals surface area contributed by atoms with Crippen LogP contribution in [0.25, 0.3) is 0 Å². The van der Waals surface area contributed by atoms with Gasteiger partial charge in [-0.05, 0) is 34.7 Å². The lowest BCUT2D eigenvalue weighted by Crippen LogP contribution is -2.36.